The summed E-state index contributed by atoms with van der Waals surface area (Å²) in [5.41, 5.74) is 1.97. The topological polar surface area (TPSA) is 62.5 Å². The van der Waals surface area contributed by atoms with Gasteiger partial charge in [-0.2, -0.15) is 0 Å². The van der Waals surface area contributed by atoms with Gasteiger partial charge in [0.25, 0.3) is 0 Å². The van der Waals surface area contributed by atoms with Crippen LogP contribution in [-0.4, -0.2) is 20.7 Å². The lowest BCUT2D eigenvalue weighted by Gasteiger charge is -2.04. The van der Waals surface area contributed by atoms with Crippen molar-refractivity contribution in [3.63, 3.8) is 0 Å². The quantitative estimate of drug-likeness (QED) is 0.813. The zero-order valence-electron chi connectivity index (χ0n) is 9.19. The van der Waals surface area contributed by atoms with E-state index in [9.17, 15) is 9.90 Å². The van der Waals surface area contributed by atoms with Gasteiger partial charge in [0.15, 0.2) is 0 Å². The smallest absolute Gasteiger partial charge is 0.338 e. The number of phenols is 1. The van der Waals surface area contributed by atoms with Crippen molar-refractivity contribution < 1.29 is 15.0 Å². The Morgan fingerprint density at radius 1 is 1.44 bits per heavy atom. The molecule has 1 aromatic carbocycles. The predicted molar refractivity (Wildman–Crippen MR) is 60.9 cm³/mol. The summed E-state index contributed by atoms with van der Waals surface area (Å²) in [5, 5.41) is 19.2. The lowest BCUT2D eigenvalue weighted by molar-refractivity contribution is 0.0698. The van der Waals surface area contributed by atoms with Crippen LogP contribution in [0.5, 0.6) is 5.75 Å². The number of rotatable bonds is 2. The monoisotopic (exact) mass is 219 g/mol. The molecule has 84 valence electrons. The molecule has 0 aliphatic carbocycles. The number of phenolic OH excluding ortho intramolecular Hbond substituents is 1. The molecule has 0 aliphatic rings. The van der Waals surface area contributed by atoms with Crippen LogP contribution in [-0.2, 0) is 13.5 Å². The molecule has 4 nitrogen and oxygen atoms in total. The number of carbonyl (C=O) groups is 1. The highest BCUT2D eigenvalue weighted by atomic mass is 16.4. The van der Waals surface area contributed by atoms with Gasteiger partial charge >= 0.3 is 5.97 Å². The van der Waals surface area contributed by atoms with Crippen molar-refractivity contribution in [3.05, 3.63) is 29.5 Å². The first-order chi connectivity index (χ1) is 7.56. The van der Waals surface area contributed by atoms with Gasteiger partial charge in [0.2, 0.25) is 0 Å². The van der Waals surface area contributed by atoms with Crippen LogP contribution in [0.2, 0.25) is 0 Å². The zero-order valence-corrected chi connectivity index (χ0v) is 9.19. The van der Waals surface area contributed by atoms with Crippen molar-refractivity contribution in [2.45, 2.75) is 13.3 Å². The van der Waals surface area contributed by atoms with Crippen LogP contribution >= 0.6 is 0 Å². The van der Waals surface area contributed by atoms with Gasteiger partial charge in [-0.15, -0.1) is 0 Å². The van der Waals surface area contributed by atoms with E-state index in [1.54, 1.807) is 17.7 Å². The number of fused-ring (bicyclic) bond motifs is 1. The van der Waals surface area contributed by atoms with Gasteiger partial charge in [-0.25, -0.2) is 4.79 Å². The largest absolute Gasteiger partial charge is 0.507 e. The summed E-state index contributed by atoms with van der Waals surface area (Å²) < 4.78 is 1.75. The van der Waals surface area contributed by atoms with Crippen molar-refractivity contribution in [2.24, 2.45) is 7.05 Å². The van der Waals surface area contributed by atoms with E-state index in [0.717, 1.165) is 17.5 Å². The Kier molecular flexibility index (Phi) is 2.34. The summed E-state index contributed by atoms with van der Waals surface area (Å²) in [6.07, 6.45) is 2.33. The minimum absolute atomic E-state index is 0.0187. The van der Waals surface area contributed by atoms with Crippen molar-refractivity contribution in [1.82, 2.24) is 4.57 Å². The molecule has 2 rings (SSSR count). The van der Waals surface area contributed by atoms with Crippen molar-refractivity contribution in [1.29, 1.82) is 0 Å². The number of carboxylic acid groups (broad SMARTS) is 1. The summed E-state index contributed by atoms with van der Waals surface area (Å²) in [6.45, 7) is 2.00. The zero-order chi connectivity index (χ0) is 11.9. The molecule has 0 saturated carbocycles. The maximum absolute atomic E-state index is 11.1. The molecule has 0 atom stereocenters. The molecule has 1 heterocycles. The molecule has 2 N–H and O–H groups in total. The fourth-order valence-corrected chi connectivity index (χ4v) is 2.06. The summed E-state index contributed by atoms with van der Waals surface area (Å²) in [7, 11) is 1.79. The van der Waals surface area contributed by atoms with Gasteiger partial charge in [-0.05, 0) is 18.1 Å². The first kappa shape index (κ1) is 10.5. The molecule has 1 aromatic heterocycles. The molecule has 0 spiro atoms. The standard InChI is InChI=1S/C12H13NO3/c1-3-7-4-5-9(14)10-8(12(15)16)6-13(2)11(7)10/h4-6,14H,3H2,1-2H3,(H,15,16). The Bertz CT molecular complexity index is 569. The third-order valence-electron chi connectivity index (χ3n) is 2.80. The number of carboxylic acids is 1. The van der Waals surface area contributed by atoms with Crippen molar-refractivity contribution >= 4 is 16.9 Å². The van der Waals surface area contributed by atoms with Crippen molar-refractivity contribution in [2.75, 3.05) is 0 Å². The maximum atomic E-state index is 11.1. The van der Waals surface area contributed by atoms with Gasteiger partial charge in [0.05, 0.1) is 16.5 Å². The minimum atomic E-state index is -1.02. The Labute approximate surface area is 92.7 Å². The van der Waals surface area contributed by atoms with E-state index in [0.29, 0.717) is 5.39 Å². The average molecular weight is 219 g/mol. The first-order valence-corrected chi connectivity index (χ1v) is 5.09. The second kappa shape index (κ2) is 3.56. The first-order valence-electron chi connectivity index (χ1n) is 5.09. The molecule has 0 aliphatic heterocycles. The molecule has 0 amide bonds. The normalized spacial score (nSPS) is 10.9. The van der Waals surface area contributed by atoms with Crippen LogP contribution < -0.4 is 0 Å². The fraction of sp³-hybridized carbons (Fsp3) is 0.250. The fourth-order valence-electron chi connectivity index (χ4n) is 2.06. The van der Waals surface area contributed by atoms with Crippen LogP contribution in [0, 0.1) is 0 Å². The minimum Gasteiger partial charge on any atom is -0.507 e. The van der Waals surface area contributed by atoms with E-state index in [1.807, 2.05) is 13.0 Å². The molecule has 4 heteroatoms. The molecule has 0 radical (unpaired) electrons. The average Bonchev–Trinajstić information content (AvgIpc) is 2.59. The molecule has 0 bridgehead atoms. The van der Waals surface area contributed by atoms with E-state index in [1.165, 1.54) is 6.20 Å². The lowest BCUT2D eigenvalue weighted by Crippen LogP contribution is -1.94. The van der Waals surface area contributed by atoms with E-state index < -0.39 is 5.97 Å². The SMILES string of the molecule is CCc1ccc(O)c2c(C(=O)O)cn(C)c12. The number of aryl methyl sites for hydroxylation is 2. The van der Waals surface area contributed by atoms with E-state index in [4.69, 9.17) is 5.11 Å². The van der Waals surface area contributed by atoms with Gasteiger partial charge in [-0.1, -0.05) is 13.0 Å². The van der Waals surface area contributed by atoms with Crippen LogP contribution in [0.1, 0.15) is 22.8 Å². The third-order valence-corrected chi connectivity index (χ3v) is 2.80. The number of benzene rings is 1. The maximum Gasteiger partial charge on any atom is 0.338 e. The van der Waals surface area contributed by atoms with Gasteiger partial charge < -0.3 is 14.8 Å². The van der Waals surface area contributed by atoms with Crippen LogP contribution in [0.25, 0.3) is 10.9 Å². The van der Waals surface area contributed by atoms with Crippen LogP contribution in [0.15, 0.2) is 18.3 Å². The number of hydrogen-bond donors (Lipinski definition) is 2. The molecule has 0 fully saturated rings. The second-order valence-electron chi connectivity index (χ2n) is 3.78. The highest BCUT2D eigenvalue weighted by Gasteiger charge is 2.17. The van der Waals surface area contributed by atoms with E-state index in [-0.39, 0.29) is 11.3 Å². The summed E-state index contributed by atoms with van der Waals surface area (Å²) >= 11 is 0. The van der Waals surface area contributed by atoms with Gasteiger partial charge in [-0.3, -0.25) is 0 Å². The molecular formula is C12H13NO3. The summed E-state index contributed by atoms with van der Waals surface area (Å²) in [6, 6.07) is 3.37. The molecular weight excluding hydrogens is 206 g/mol. The predicted octanol–water partition coefficient (Wildman–Crippen LogP) is 2.14. The Morgan fingerprint density at radius 2 is 2.12 bits per heavy atom. The highest BCUT2D eigenvalue weighted by molar-refractivity contribution is 6.07. The van der Waals surface area contributed by atoms with Crippen LogP contribution in [0.4, 0.5) is 0 Å². The molecule has 16 heavy (non-hydrogen) atoms. The number of hydrogen-bond acceptors (Lipinski definition) is 2. The lowest BCUT2D eigenvalue weighted by atomic mass is 10.1. The second-order valence-corrected chi connectivity index (χ2v) is 3.78. The van der Waals surface area contributed by atoms with Gasteiger partial charge in [0, 0.05) is 13.2 Å². The van der Waals surface area contributed by atoms with Crippen molar-refractivity contribution in [3.8, 4) is 5.75 Å². The Morgan fingerprint density at radius 3 is 2.69 bits per heavy atom. The molecule has 2 aromatic rings. The third kappa shape index (κ3) is 1.34. The molecule has 0 unspecified atom stereocenters. The summed E-state index contributed by atoms with van der Waals surface area (Å²) in [5.74, 6) is -1.00. The van der Waals surface area contributed by atoms with E-state index >= 15 is 0 Å². The number of nitrogens with zero attached hydrogens (tertiary/aromatic N) is 1. The Hall–Kier alpha value is -1.97. The van der Waals surface area contributed by atoms with E-state index in [2.05, 4.69) is 0 Å². The summed E-state index contributed by atoms with van der Waals surface area (Å²) in [4.78, 5) is 11.1. The molecule has 0 saturated heterocycles. The van der Waals surface area contributed by atoms with Crippen LogP contribution in [0.3, 0.4) is 0 Å². The Balaban J connectivity index is 2.94. The number of aromatic nitrogens is 1. The number of aromatic hydroxyl groups is 1. The number of aromatic carboxylic acids is 1. The highest BCUT2D eigenvalue weighted by Crippen LogP contribution is 2.32. The van der Waals surface area contributed by atoms with Gasteiger partial charge in [0.1, 0.15) is 5.75 Å².